The SMILES string of the molecule is O=C(Nc1ccccc1Cc1nc(-c2ccncc2)no1)c1ncn[nH]1. The van der Waals surface area contributed by atoms with E-state index in [1.807, 2.05) is 18.2 Å². The van der Waals surface area contributed by atoms with Gasteiger partial charge in [0.05, 0.1) is 6.42 Å². The predicted octanol–water partition coefficient (Wildman–Crippen LogP) is 2.09. The highest BCUT2D eigenvalue weighted by Crippen LogP contribution is 2.21. The Hall–Kier alpha value is -3.88. The summed E-state index contributed by atoms with van der Waals surface area (Å²) < 4.78 is 5.33. The summed E-state index contributed by atoms with van der Waals surface area (Å²) in [6.45, 7) is 0. The van der Waals surface area contributed by atoms with Crippen LogP contribution in [0.25, 0.3) is 11.4 Å². The number of amides is 1. The maximum Gasteiger partial charge on any atom is 0.292 e. The molecule has 128 valence electrons. The van der Waals surface area contributed by atoms with E-state index in [-0.39, 0.29) is 11.7 Å². The maximum absolute atomic E-state index is 12.2. The molecule has 9 heteroatoms. The Labute approximate surface area is 147 Å². The number of hydrogen-bond acceptors (Lipinski definition) is 7. The van der Waals surface area contributed by atoms with Crippen molar-refractivity contribution in [1.29, 1.82) is 0 Å². The van der Waals surface area contributed by atoms with E-state index in [9.17, 15) is 4.79 Å². The van der Waals surface area contributed by atoms with Gasteiger partial charge in [0.1, 0.15) is 6.33 Å². The van der Waals surface area contributed by atoms with Gasteiger partial charge in [0.2, 0.25) is 17.5 Å². The van der Waals surface area contributed by atoms with Gasteiger partial charge in [-0.25, -0.2) is 4.98 Å². The third-order valence-electron chi connectivity index (χ3n) is 3.64. The van der Waals surface area contributed by atoms with E-state index in [1.165, 1.54) is 6.33 Å². The van der Waals surface area contributed by atoms with Crippen molar-refractivity contribution in [3.63, 3.8) is 0 Å². The highest BCUT2D eigenvalue weighted by molar-refractivity contribution is 6.01. The van der Waals surface area contributed by atoms with Crippen LogP contribution >= 0.6 is 0 Å². The molecule has 3 aromatic heterocycles. The Kier molecular flexibility index (Phi) is 4.17. The van der Waals surface area contributed by atoms with Crippen LogP contribution < -0.4 is 5.32 Å². The van der Waals surface area contributed by atoms with Crippen LogP contribution in [0, 0.1) is 0 Å². The monoisotopic (exact) mass is 347 g/mol. The number of aromatic nitrogens is 6. The lowest BCUT2D eigenvalue weighted by Crippen LogP contribution is -2.15. The molecule has 1 aromatic carbocycles. The number of nitrogens with zero attached hydrogens (tertiary/aromatic N) is 5. The van der Waals surface area contributed by atoms with Gasteiger partial charge in [0.15, 0.2) is 0 Å². The molecule has 2 N–H and O–H groups in total. The number of benzene rings is 1. The Balaban J connectivity index is 1.54. The minimum absolute atomic E-state index is 0.137. The van der Waals surface area contributed by atoms with Crippen LogP contribution in [0.3, 0.4) is 0 Å². The number of nitrogens with one attached hydrogen (secondary N) is 2. The van der Waals surface area contributed by atoms with Crippen LogP contribution in [0.2, 0.25) is 0 Å². The zero-order valence-electron chi connectivity index (χ0n) is 13.5. The van der Waals surface area contributed by atoms with E-state index in [2.05, 4.69) is 35.6 Å². The van der Waals surface area contributed by atoms with Crippen LogP contribution in [0.5, 0.6) is 0 Å². The zero-order chi connectivity index (χ0) is 17.8. The van der Waals surface area contributed by atoms with Crippen molar-refractivity contribution in [2.45, 2.75) is 6.42 Å². The van der Waals surface area contributed by atoms with E-state index in [1.54, 1.807) is 30.6 Å². The van der Waals surface area contributed by atoms with Gasteiger partial charge in [-0.15, -0.1) is 0 Å². The average molecular weight is 347 g/mol. The highest BCUT2D eigenvalue weighted by atomic mass is 16.5. The van der Waals surface area contributed by atoms with Gasteiger partial charge in [0, 0.05) is 23.6 Å². The summed E-state index contributed by atoms with van der Waals surface area (Å²) in [7, 11) is 0. The van der Waals surface area contributed by atoms with Crippen molar-refractivity contribution < 1.29 is 9.32 Å². The normalized spacial score (nSPS) is 10.6. The predicted molar refractivity (Wildman–Crippen MR) is 91.1 cm³/mol. The topological polar surface area (TPSA) is 122 Å². The van der Waals surface area contributed by atoms with Crippen molar-refractivity contribution >= 4 is 11.6 Å². The molecule has 4 aromatic rings. The summed E-state index contributed by atoms with van der Waals surface area (Å²) in [5.41, 5.74) is 2.30. The summed E-state index contributed by atoms with van der Waals surface area (Å²) in [5.74, 6) is 0.694. The fraction of sp³-hybridized carbons (Fsp3) is 0.0588. The molecule has 0 aliphatic carbocycles. The second kappa shape index (κ2) is 6.93. The smallest absolute Gasteiger partial charge is 0.292 e. The first-order valence-corrected chi connectivity index (χ1v) is 7.77. The minimum atomic E-state index is -0.377. The maximum atomic E-state index is 12.2. The summed E-state index contributed by atoms with van der Waals surface area (Å²) in [6.07, 6.45) is 4.99. The van der Waals surface area contributed by atoms with Crippen molar-refractivity contribution in [2.24, 2.45) is 0 Å². The molecular formula is C17H13N7O2. The number of anilines is 1. The van der Waals surface area contributed by atoms with Gasteiger partial charge < -0.3 is 9.84 Å². The molecule has 0 radical (unpaired) electrons. The Bertz CT molecular complexity index is 1010. The molecule has 26 heavy (non-hydrogen) atoms. The molecule has 0 atom stereocenters. The number of para-hydroxylation sites is 1. The first-order chi connectivity index (χ1) is 12.8. The largest absolute Gasteiger partial charge is 0.339 e. The third-order valence-corrected chi connectivity index (χ3v) is 3.64. The number of carbonyl (C=O) groups excluding carboxylic acids is 1. The molecule has 0 unspecified atom stereocenters. The zero-order valence-corrected chi connectivity index (χ0v) is 13.5. The molecule has 0 bridgehead atoms. The van der Waals surface area contributed by atoms with Gasteiger partial charge in [-0.1, -0.05) is 23.4 Å². The van der Waals surface area contributed by atoms with Gasteiger partial charge in [-0.05, 0) is 23.8 Å². The van der Waals surface area contributed by atoms with Crippen molar-refractivity contribution in [2.75, 3.05) is 5.32 Å². The second-order valence-electron chi connectivity index (χ2n) is 5.37. The molecule has 0 aliphatic rings. The first-order valence-electron chi connectivity index (χ1n) is 7.77. The Morgan fingerprint density at radius 2 is 2.00 bits per heavy atom. The molecule has 0 aliphatic heterocycles. The molecule has 0 fully saturated rings. The first kappa shape index (κ1) is 15.6. The van der Waals surface area contributed by atoms with Gasteiger partial charge in [-0.2, -0.15) is 10.1 Å². The Morgan fingerprint density at radius 3 is 2.81 bits per heavy atom. The number of pyridine rings is 1. The van der Waals surface area contributed by atoms with Crippen molar-refractivity contribution in [1.82, 2.24) is 30.3 Å². The van der Waals surface area contributed by atoms with Crippen LogP contribution in [0.15, 0.2) is 59.6 Å². The molecule has 0 spiro atoms. The number of aromatic amines is 1. The molecule has 1 amide bonds. The Morgan fingerprint density at radius 1 is 1.15 bits per heavy atom. The third kappa shape index (κ3) is 3.31. The number of H-pyrrole nitrogens is 1. The standard InChI is InChI=1S/C17H13N7O2/c25-17(16-19-10-20-23-16)21-13-4-2-1-3-12(13)9-14-22-15(24-26-14)11-5-7-18-8-6-11/h1-8,10H,9H2,(H,21,25)(H,19,20,23). The molecule has 4 rings (SSSR count). The molecule has 0 saturated heterocycles. The summed E-state index contributed by atoms with van der Waals surface area (Å²) >= 11 is 0. The molecule has 9 nitrogen and oxygen atoms in total. The van der Waals surface area contributed by atoms with E-state index in [0.29, 0.717) is 23.8 Å². The molecule has 3 heterocycles. The quantitative estimate of drug-likeness (QED) is 0.566. The van der Waals surface area contributed by atoms with E-state index in [0.717, 1.165) is 11.1 Å². The van der Waals surface area contributed by atoms with Crippen LogP contribution in [0.4, 0.5) is 5.69 Å². The molecular weight excluding hydrogens is 334 g/mol. The van der Waals surface area contributed by atoms with Crippen LogP contribution in [0.1, 0.15) is 22.1 Å². The lowest BCUT2D eigenvalue weighted by Gasteiger charge is -2.08. The van der Waals surface area contributed by atoms with Crippen molar-refractivity contribution in [3.05, 3.63) is 72.4 Å². The fourth-order valence-corrected chi connectivity index (χ4v) is 2.40. The molecule has 0 saturated carbocycles. The number of carbonyl (C=O) groups is 1. The highest BCUT2D eigenvalue weighted by Gasteiger charge is 2.14. The summed E-state index contributed by atoms with van der Waals surface area (Å²) in [5, 5.41) is 13.0. The van der Waals surface area contributed by atoms with Gasteiger partial charge in [-0.3, -0.25) is 14.9 Å². The minimum Gasteiger partial charge on any atom is -0.339 e. The average Bonchev–Trinajstić information content (AvgIpc) is 3.36. The lowest BCUT2D eigenvalue weighted by molar-refractivity contribution is 0.101. The van der Waals surface area contributed by atoms with E-state index >= 15 is 0 Å². The number of hydrogen-bond donors (Lipinski definition) is 2. The van der Waals surface area contributed by atoms with Crippen molar-refractivity contribution in [3.8, 4) is 11.4 Å². The lowest BCUT2D eigenvalue weighted by atomic mass is 10.1. The van der Waals surface area contributed by atoms with Crippen LogP contribution in [-0.2, 0) is 6.42 Å². The van der Waals surface area contributed by atoms with Crippen LogP contribution in [-0.4, -0.2) is 36.2 Å². The van der Waals surface area contributed by atoms with E-state index < -0.39 is 0 Å². The summed E-state index contributed by atoms with van der Waals surface area (Å²) in [6, 6.07) is 11.0. The summed E-state index contributed by atoms with van der Waals surface area (Å²) in [4.78, 5) is 24.4. The number of rotatable bonds is 5. The van der Waals surface area contributed by atoms with E-state index in [4.69, 9.17) is 4.52 Å². The second-order valence-corrected chi connectivity index (χ2v) is 5.37. The van der Waals surface area contributed by atoms with Gasteiger partial charge in [0.25, 0.3) is 5.91 Å². The van der Waals surface area contributed by atoms with Gasteiger partial charge >= 0.3 is 0 Å². The fourth-order valence-electron chi connectivity index (χ4n) is 2.40.